The quantitative estimate of drug-likeness (QED) is 0.738. The van der Waals surface area contributed by atoms with Crippen molar-refractivity contribution in [1.29, 1.82) is 0 Å². The molecule has 0 bridgehead atoms. The Kier molecular flexibility index (Phi) is 1.70. The fourth-order valence-corrected chi connectivity index (χ4v) is 0.935. The van der Waals surface area contributed by atoms with Crippen LogP contribution < -0.4 is 0 Å². The molecule has 0 spiro atoms. The molecule has 1 nitrogen and oxygen atoms in total. The van der Waals surface area contributed by atoms with E-state index in [-0.39, 0.29) is 9.50 Å². The summed E-state index contributed by atoms with van der Waals surface area (Å²) in [6, 6.07) is -0.452. The Morgan fingerprint density at radius 1 is 1.82 bits per heavy atom. The lowest BCUT2D eigenvalue weighted by Gasteiger charge is -2.01. The van der Waals surface area contributed by atoms with Crippen molar-refractivity contribution < 1.29 is 12.9 Å². The first-order valence-electron chi connectivity index (χ1n) is 3.95. The van der Waals surface area contributed by atoms with Crippen LogP contribution in [0.25, 0.3) is 0 Å². The minimum absolute atomic E-state index is 0.319. The van der Waals surface area contributed by atoms with Crippen molar-refractivity contribution in [2.45, 2.75) is 6.40 Å². The molecule has 0 saturated carbocycles. The number of nitrogens with zero attached hydrogens (tertiary/aromatic N) is 1. The van der Waals surface area contributed by atoms with Crippen molar-refractivity contribution in [3.8, 4) is 0 Å². The van der Waals surface area contributed by atoms with Crippen molar-refractivity contribution in [2.75, 3.05) is 0 Å². The zero-order valence-electron chi connectivity index (χ0n) is 7.96. The van der Waals surface area contributed by atoms with Gasteiger partial charge < -0.3 is 0 Å². The molecule has 0 aliphatic carbocycles. The average Bonchev–Trinajstić information content (AvgIpc) is 2.06. The standard InChI is InChI=1S/C6H3BrClF2N/c7-4-3(8)1-2-11-5(4)6(9)10/h1-2,6H/i1D,2D,6D. The van der Waals surface area contributed by atoms with Crippen LogP contribution in [0.1, 0.15) is 16.2 Å². The topological polar surface area (TPSA) is 12.9 Å². The number of halogens is 4. The molecule has 5 heteroatoms. The molecule has 0 amide bonds. The monoisotopic (exact) mass is 244 g/mol. The van der Waals surface area contributed by atoms with Crippen molar-refractivity contribution >= 4 is 27.5 Å². The Labute approximate surface area is 79.7 Å². The molecule has 1 aromatic heterocycles. The van der Waals surface area contributed by atoms with E-state index in [2.05, 4.69) is 20.9 Å². The Balaban J connectivity index is 3.49. The van der Waals surface area contributed by atoms with E-state index >= 15 is 0 Å². The van der Waals surface area contributed by atoms with Crippen LogP contribution in [0, 0.1) is 0 Å². The minimum Gasteiger partial charge on any atom is -0.254 e. The fraction of sp³-hybridized carbons (Fsp3) is 0.167. The molecule has 0 fully saturated rings. The summed E-state index contributed by atoms with van der Waals surface area (Å²) in [4.78, 5) is 3.11. The van der Waals surface area contributed by atoms with E-state index in [1.54, 1.807) is 0 Å². The van der Waals surface area contributed by atoms with E-state index in [1.165, 1.54) is 0 Å². The number of hydrogen-bond donors (Lipinski definition) is 0. The third-order valence-electron chi connectivity index (χ3n) is 0.913. The van der Waals surface area contributed by atoms with E-state index < -0.39 is 24.3 Å². The summed E-state index contributed by atoms with van der Waals surface area (Å²) in [7, 11) is 0. The molecule has 60 valence electrons. The van der Waals surface area contributed by atoms with Crippen LogP contribution in [-0.4, -0.2) is 4.98 Å². The van der Waals surface area contributed by atoms with E-state index in [0.717, 1.165) is 0 Å². The van der Waals surface area contributed by atoms with E-state index in [1.807, 2.05) is 0 Å². The second kappa shape index (κ2) is 3.45. The van der Waals surface area contributed by atoms with Gasteiger partial charge in [-0.3, -0.25) is 4.98 Å². The molecule has 11 heavy (non-hydrogen) atoms. The number of aromatic nitrogens is 1. The van der Waals surface area contributed by atoms with Crippen molar-refractivity contribution in [1.82, 2.24) is 4.98 Å². The summed E-state index contributed by atoms with van der Waals surface area (Å²) >= 11 is 8.19. The third kappa shape index (κ3) is 1.87. The van der Waals surface area contributed by atoms with Crippen molar-refractivity contribution in [3.63, 3.8) is 0 Å². The minimum atomic E-state index is -3.94. The lowest BCUT2D eigenvalue weighted by Crippen LogP contribution is -1.90. The molecule has 0 unspecified atom stereocenters. The summed E-state index contributed by atoms with van der Waals surface area (Å²) < 4.78 is 45.5. The Hall–Kier alpha value is -0.220. The molecule has 1 rings (SSSR count). The van der Waals surface area contributed by atoms with Crippen LogP contribution in [0.2, 0.25) is 5.02 Å². The van der Waals surface area contributed by atoms with Crippen LogP contribution in [0.5, 0.6) is 0 Å². The van der Waals surface area contributed by atoms with Gasteiger partial charge in [0.1, 0.15) is 7.06 Å². The van der Waals surface area contributed by atoms with Gasteiger partial charge in [-0.1, -0.05) is 11.6 Å². The van der Waals surface area contributed by atoms with Gasteiger partial charge in [0, 0.05) is 6.17 Å². The van der Waals surface area contributed by atoms with Gasteiger partial charge in [-0.05, 0) is 22.0 Å². The zero-order chi connectivity index (χ0) is 11.1. The fourth-order valence-electron chi connectivity index (χ4n) is 0.466. The van der Waals surface area contributed by atoms with Gasteiger partial charge in [0.2, 0.25) is 0 Å². The van der Waals surface area contributed by atoms with Gasteiger partial charge in [0.15, 0.2) is 0 Å². The predicted molar refractivity (Wildman–Crippen MR) is 41.9 cm³/mol. The Bertz CT molecular complexity index is 382. The number of pyridine rings is 1. The first kappa shape index (κ1) is 5.43. The molecule has 0 N–H and O–H groups in total. The number of hydrogen-bond acceptors (Lipinski definition) is 1. The molecular weight excluding hydrogens is 239 g/mol. The second-order valence-corrected chi connectivity index (χ2v) is 2.76. The lowest BCUT2D eigenvalue weighted by atomic mass is 10.4. The molecule has 0 aliphatic rings. The van der Waals surface area contributed by atoms with Gasteiger partial charge in [0.25, 0.3) is 6.40 Å². The normalized spacial score (nSPS) is 15.5. The van der Waals surface area contributed by atoms with Crippen LogP contribution in [-0.2, 0) is 0 Å². The van der Waals surface area contributed by atoms with E-state index in [0.29, 0.717) is 0 Å². The van der Waals surface area contributed by atoms with Crippen LogP contribution in [0.4, 0.5) is 8.78 Å². The zero-order valence-corrected chi connectivity index (χ0v) is 7.30. The lowest BCUT2D eigenvalue weighted by molar-refractivity contribution is 0.145. The maximum atomic E-state index is 12.6. The van der Waals surface area contributed by atoms with Gasteiger partial charge in [0.05, 0.1) is 12.2 Å². The first-order valence-corrected chi connectivity index (χ1v) is 3.62. The molecule has 0 aromatic carbocycles. The Morgan fingerprint density at radius 2 is 2.45 bits per heavy atom. The Morgan fingerprint density at radius 3 is 3.00 bits per heavy atom. The maximum Gasteiger partial charge on any atom is 0.281 e. The molecule has 0 radical (unpaired) electrons. The highest BCUT2D eigenvalue weighted by atomic mass is 79.9. The van der Waals surface area contributed by atoms with E-state index in [9.17, 15) is 8.78 Å². The van der Waals surface area contributed by atoms with Gasteiger partial charge in [-0.15, -0.1) is 0 Å². The van der Waals surface area contributed by atoms with E-state index in [4.69, 9.17) is 15.7 Å². The highest BCUT2D eigenvalue weighted by Gasteiger charge is 2.14. The second-order valence-electron chi connectivity index (χ2n) is 1.59. The predicted octanol–water partition coefficient (Wildman–Crippen LogP) is 3.44. The summed E-state index contributed by atoms with van der Waals surface area (Å²) in [6.45, 7) is 0. The van der Waals surface area contributed by atoms with Gasteiger partial charge in [-0.25, -0.2) is 8.78 Å². The van der Waals surface area contributed by atoms with Crippen molar-refractivity contribution in [2.24, 2.45) is 0 Å². The van der Waals surface area contributed by atoms with Crippen LogP contribution in [0.15, 0.2) is 16.7 Å². The molecule has 1 heterocycles. The van der Waals surface area contributed by atoms with Gasteiger partial charge in [-0.2, -0.15) is 0 Å². The highest BCUT2D eigenvalue weighted by Crippen LogP contribution is 2.30. The van der Waals surface area contributed by atoms with Gasteiger partial charge >= 0.3 is 0 Å². The third-order valence-corrected chi connectivity index (χ3v) is 2.20. The molecule has 0 saturated heterocycles. The van der Waals surface area contributed by atoms with Crippen molar-refractivity contribution in [3.05, 3.63) is 27.4 Å². The van der Waals surface area contributed by atoms with Crippen LogP contribution in [0.3, 0.4) is 0 Å². The summed E-state index contributed by atoms with van der Waals surface area (Å²) in [5.41, 5.74) is -0.955. The summed E-state index contributed by atoms with van der Waals surface area (Å²) in [5.74, 6) is 0. The molecular formula is C6H3BrClF2N. The largest absolute Gasteiger partial charge is 0.281 e. The SMILES string of the molecule is [2H]c1nc(C([2H])(F)F)c(Br)c(Cl)c1[2H]. The van der Waals surface area contributed by atoms with Crippen LogP contribution >= 0.6 is 27.5 Å². The molecule has 1 aromatic rings. The average molecular weight is 245 g/mol. The molecule has 0 atom stereocenters. The molecule has 0 aliphatic heterocycles. The maximum absolute atomic E-state index is 12.6. The first-order chi connectivity index (χ1) is 6.25. The number of alkyl halides is 2. The number of rotatable bonds is 1. The summed E-state index contributed by atoms with van der Waals surface area (Å²) in [5, 5.41) is -0.341. The highest BCUT2D eigenvalue weighted by molar-refractivity contribution is 9.10. The summed E-state index contributed by atoms with van der Waals surface area (Å²) in [6.07, 6.45) is -4.62. The smallest absolute Gasteiger partial charge is 0.254 e.